The van der Waals surface area contributed by atoms with Crippen LogP contribution in [0.15, 0.2) is 42.5 Å². The number of aromatic amines is 1. The zero-order valence-electron chi connectivity index (χ0n) is 18.0. The average molecular weight is 432 g/mol. The average Bonchev–Trinajstić information content (AvgIpc) is 3.29. The lowest BCUT2D eigenvalue weighted by molar-refractivity contribution is -0.123. The molecule has 3 aromatic rings. The lowest BCUT2D eigenvalue weighted by Crippen LogP contribution is -2.44. The van der Waals surface area contributed by atoms with Gasteiger partial charge < -0.3 is 15.0 Å². The van der Waals surface area contributed by atoms with E-state index in [9.17, 15) is 14.4 Å². The van der Waals surface area contributed by atoms with Crippen LogP contribution in [0.25, 0.3) is 10.9 Å². The van der Waals surface area contributed by atoms with E-state index in [4.69, 9.17) is 4.74 Å². The van der Waals surface area contributed by atoms with Crippen molar-refractivity contribution in [1.82, 2.24) is 9.88 Å². The van der Waals surface area contributed by atoms with Crippen molar-refractivity contribution in [3.8, 4) is 5.75 Å². The van der Waals surface area contributed by atoms with Crippen LogP contribution in [-0.2, 0) is 27.3 Å². The molecule has 2 aliphatic heterocycles. The predicted molar refractivity (Wildman–Crippen MR) is 121 cm³/mol. The summed E-state index contributed by atoms with van der Waals surface area (Å²) in [6, 6.07) is 12.2. The van der Waals surface area contributed by atoms with Crippen LogP contribution in [0.3, 0.4) is 0 Å². The van der Waals surface area contributed by atoms with Gasteiger partial charge in [0.25, 0.3) is 5.91 Å². The Morgan fingerprint density at radius 2 is 1.94 bits per heavy atom. The number of H-pyrrole nitrogens is 1. The maximum atomic E-state index is 13.2. The number of fused-ring (bicyclic) bond motifs is 3. The molecule has 0 unspecified atom stereocenters. The van der Waals surface area contributed by atoms with Crippen LogP contribution in [0.2, 0.25) is 0 Å². The van der Waals surface area contributed by atoms with Crippen molar-refractivity contribution < 1.29 is 19.1 Å². The smallest absolute Gasteiger partial charge is 0.251 e. The number of hydrogen-bond acceptors (Lipinski definition) is 5. The third-order valence-electron chi connectivity index (χ3n) is 6.22. The molecule has 1 saturated heterocycles. The van der Waals surface area contributed by atoms with E-state index >= 15 is 0 Å². The standard InChI is InChI=1S/C24H24N4O4/c1-14(29)25-15-3-5-16(6-4-15)28-23(30)12-22(24(28)31)27-10-9-18-19-11-17(32-2)7-8-20(19)26-21(18)13-27/h3-8,11,22,26H,9-10,12-13H2,1-2H3,(H,25,29)/t22-/m0/s1. The SMILES string of the molecule is COc1ccc2[nH]c3c(c2c1)CCN([C@H]1CC(=O)N(c2ccc(NC(C)=O)cc2)C1=O)C3. The van der Waals surface area contributed by atoms with Crippen LogP contribution in [-0.4, -0.2) is 47.3 Å². The van der Waals surface area contributed by atoms with E-state index in [1.165, 1.54) is 17.4 Å². The van der Waals surface area contributed by atoms with Crippen LogP contribution in [0, 0.1) is 0 Å². The Morgan fingerprint density at radius 1 is 1.16 bits per heavy atom. The van der Waals surface area contributed by atoms with E-state index in [0.717, 1.165) is 28.8 Å². The normalized spacial score (nSPS) is 18.8. The number of carbonyl (C=O) groups excluding carboxylic acids is 3. The summed E-state index contributed by atoms with van der Waals surface area (Å²) in [6.45, 7) is 2.72. The number of imide groups is 1. The fourth-order valence-corrected chi connectivity index (χ4v) is 4.70. The van der Waals surface area contributed by atoms with Crippen molar-refractivity contribution in [1.29, 1.82) is 0 Å². The molecule has 1 aromatic heterocycles. The largest absolute Gasteiger partial charge is 0.497 e. The summed E-state index contributed by atoms with van der Waals surface area (Å²) in [6.07, 6.45) is 0.960. The van der Waals surface area contributed by atoms with E-state index in [-0.39, 0.29) is 24.1 Å². The number of ether oxygens (including phenoxy) is 1. The second-order valence-electron chi connectivity index (χ2n) is 8.23. The fraction of sp³-hybridized carbons (Fsp3) is 0.292. The molecule has 0 bridgehead atoms. The number of hydrogen-bond donors (Lipinski definition) is 2. The molecular formula is C24H24N4O4. The summed E-state index contributed by atoms with van der Waals surface area (Å²) >= 11 is 0. The molecule has 32 heavy (non-hydrogen) atoms. The highest BCUT2D eigenvalue weighted by molar-refractivity contribution is 6.22. The predicted octanol–water partition coefficient (Wildman–Crippen LogP) is 2.83. The van der Waals surface area contributed by atoms with Crippen molar-refractivity contribution in [3.05, 3.63) is 53.7 Å². The van der Waals surface area contributed by atoms with E-state index in [2.05, 4.69) is 15.2 Å². The summed E-state index contributed by atoms with van der Waals surface area (Å²) in [5.74, 6) is 0.229. The van der Waals surface area contributed by atoms with Gasteiger partial charge >= 0.3 is 0 Å². The lowest BCUT2D eigenvalue weighted by Gasteiger charge is -2.30. The van der Waals surface area contributed by atoms with Gasteiger partial charge in [-0.2, -0.15) is 0 Å². The molecule has 1 atom stereocenters. The Labute approximate surface area is 185 Å². The minimum Gasteiger partial charge on any atom is -0.497 e. The number of nitrogens with one attached hydrogen (secondary N) is 2. The zero-order valence-corrected chi connectivity index (χ0v) is 18.0. The molecule has 3 amide bonds. The highest BCUT2D eigenvalue weighted by Crippen LogP contribution is 2.33. The molecule has 2 aliphatic rings. The molecule has 2 aromatic carbocycles. The lowest BCUT2D eigenvalue weighted by atomic mass is 10.0. The fourth-order valence-electron chi connectivity index (χ4n) is 4.70. The van der Waals surface area contributed by atoms with Gasteiger partial charge in [-0.05, 0) is 54.4 Å². The summed E-state index contributed by atoms with van der Waals surface area (Å²) in [5, 5.41) is 3.83. The highest BCUT2D eigenvalue weighted by Gasteiger charge is 2.43. The van der Waals surface area contributed by atoms with Crippen molar-refractivity contribution in [2.45, 2.75) is 32.4 Å². The monoisotopic (exact) mass is 432 g/mol. The third-order valence-corrected chi connectivity index (χ3v) is 6.22. The number of benzene rings is 2. The number of anilines is 2. The van der Waals surface area contributed by atoms with Crippen LogP contribution in [0.1, 0.15) is 24.6 Å². The van der Waals surface area contributed by atoms with Crippen molar-refractivity contribution in [2.24, 2.45) is 0 Å². The zero-order chi connectivity index (χ0) is 22.4. The van der Waals surface area contributed by atoms with Crippen LogP contribution in [0.4, 0.5) is 11.4 Å². The maximum Gasteiger partial charge on any atom is 0.251 e. The molecule has 8 nitrogen and oxygen atoms in total. The van der Waals surface area contributed by atoms with E-state index in [1.807, 2.05) is 18.2 Å². The van der Waals surface area contributed by atoms with Gasteiger partial charge in [0, 0.05) is 42.3 Å². The molecule has 5 rings (SSSR count). The summed E-state index contributed by atoms with van der Waals surface area (Å²) in [7, 11) is 1.66. The van der Waals surface area contributed by atoms with Crippen molar-refractivity contribution >= 4 is 40.0 Å². The number of aromatic nitrogens is 1. The molecule has 8 heteroatoms. The first kappa shape index (κ1) is 20.3. The minimum absolute atomic E-state index is 0.162. The molecule has 0 radical (unpaired) electrons. The molecule has 164 valence electrons. The van der Waals surface area contributed by atoms with Crippen molar-refractivity contribution in [3.63, 3.8) is 0 Å². The van der Waals surface area contributed by atoms with E-state index in [0.29, 0.717) is 24.5 Å². The first-order valence-electron chi connectivity index (χ1n) is 10.6. The number of rotatable bonds is 4. The second-order valence-corrected chi connectivity index (χ2v) is 8.23. The minimum atomic E-state index is -0.480. The Hall–Kier alpha value is -3.65. The van der Waals surface area contributed by atoms with Gasteiger partial charge in [0.05, 0.1) is 25.3 Å². The van der Waals surface area contributed by atoms with Crippen LogP contribution >= 0.6 is 0 Å². The van der Waals surface area contributed by atoms with Gasteiger partial charge in [-0.15, -0.1) is 0 Å². The first-order valence-corrected chi connectivity index (χ1v) is 10.6. The molecular weight excluding hydrogens is 408 g/mol. The summed E-state index contributed by atoms with van der Waals surface area (Å²) < 4.78 is 5.36. The van der Waals surface area contributed by atoms with Gasteiger partial charge in [0.2, 0.25) is 11.8 Å². The molecule has 0 spiro atoms. The van der Waals surface area contributed by atoms with Gasteiger partial charge in [-0.3, -0.25) is 19.3 Å². The van der Waals surface area contributed by atoms with Gasteiger partial charge in [-0.25, -0.2) is 4.90 Å². The maximum absolute atomic E-state index is 13.2. The second kappa shape index (κ2) is 7.80. The molecule has 0 aliphatic carbocycles. The Bertz CT molecular complexity index is 1230. The summed E-state index contributed by atoms with van der Waals surface area (Å²) in [5.41, 5.74) is 4.52. The van der Waals surface area contributed by atoms with Crippen LogP contribution < -0.4 is 15.0 Å². The number of carbonyl (C=O) groups is 3. The number of methoxy groups -OCH3 is 1. The van der Waals surface area contributed by atoms with Gasteiger partial charge in [-0.1, -0.05) is 0 Å². The molecule has 2 N–H and O–H groups in total. The number of amides is 3. The molecule has 0 saturated carbocycles. The molecule has 3 heterocycles. The third kappa shape index (κ3) is 3.42. The molecule has 1 fully saturated rings. The quantitative estimate of drug-likeness (QED) is 0.619. The topological polar surface area (TPSA) is 94.7 Å². The van der Waals surface area contributed by atoms with Gasteiger partial charge in [0.15, 0.2) is 0 Å². The van der Waals surface area contributed by atoms with Crippen LogP contribution in [0.5, 0.6) is 5.75 Å². The van der Waals surface area contributed by atoms with E-state index < -0.39 is 6.04 Å². The van der Waals surface area contributed by atoms with Gasteiger partial charge in [0.1, 0.15) is 5.75 Å². The van der Waals surface area contributed by atoms with E-state index in [1.54, 1.807) is 31.4 Å². The van der Waals surface area contributed by atoms with Crippen molar-refractivity contribution in [2.75, 3.05) is 23.9 Å². The summed E-state index contributed by atoms with van der Waals surface area (Å²) in [4.78, 5) is 44.0. The highest BCUT2D eigenvalue weighted by atomic mass is 16.5. The Morgan fingerprint density at radius 3 is 2.66 bits per heavy atom. The Kier molecular flexibility index (Phi) is 4.94. The first-order chi connectivity index (χ1) is 15.4. The Balaban J connectivity index is 1.36. The number of nitrogens with zero attached hydrogens (tertiary/aromatic N) is 2.